The molecule has 100 valence electrons. The second kappa shape index (κ2) is 5.30. The molecule has 1 N–H and O–H groups in total. The largest absolute Gasteiger partial charge is 0.505 e. The van der Waals surface area contributed by atoms with Crippen molar-refractivity contribution >= 4 is 11.6 Å². The van der Waals surface area contributed by atoms with Crippen LogP contribution in [-0.4, -0.2) is 20.2 Å². The highest BCUT2D eigenvalue weighted by Crippen LogP contribution is 2.26. The van der Waals surface area contributed by atoms with Gasteiger partial charge in [0.25, 0.3) is 5.89 Å². The molecule has 1 aromatic carbocycles. The normalized spacial score (nSPS) is 10.7. The minimum absolute atomic E-state index is 0.000411. The molecule has 0 atom stereocenters. The highest BCUT2D eigenvalue weighted by atomic mass is 35.5. The molecule has 3 aromatic rings. The number of aromatic nitrogens is 3. The van der Waals surface area contributed by atoms with E-state index in [2.05, 4.69) is 15.1 Å². The van der Waals surface area contributed by atoms with Crippen molar-refractivity contribution in [2.75, 3.05) is 0 Å². The summed E-state index contributed by atoms with van der Waals surface area (Å²) in [5.74, 6) is 0.761. The van der Waals surface area contributed by atoms with Crippen LogP contribution in [0.3, 0.4) is 0 Å². The molecular formula is C14H10ClN3O2. The van der Waals surface area contributed by atoms with Crippen LogP contribution in [0, 0.1) is 0 Å². The molecule has 0 amide bonds. The second-order valence-corrected chi connectivity index (χ2v) is 4.58. The molecule has 2 aromatic heterocycles. The maximum absolute atomic E-state index is 9.70. The van der Waals surface area contributed by atoms with E-state index in [1.54, 1.807) is 12.3 Å². The highest BCUT2D eigenvalue weighted by molar-refractivity contribution is 6.31. The SMILES string of the molecule is Oc1cnccc1-c1nc(Cc2ccccc2Cl)no1. The van der Waals surface area contributed by atoms with E-state index >= 15 is 0 Å². The van der Waals surface area contributed by atoms with Gasteiger partial charge in [0.2, 0.25) is 0 Å². The van der Waals surface area contributed by atoms with Crippen molar-refractivity contribution < 1.29 is 9.63 Å². The van der Waals surface area contributed by atoms with Crippen LogP contribution < -0.4 is 0 Å². The van der Waals surface area contributed by atoms with Crippen LogP contribution in [0.15, 0.2) is 47.2 Å². The van der Waals surface area contributed by atoms with Crippen molar-refractivity contribution in [3.8, 4) is 17.2 Å². The number of nitrogens with zero attached hydrogens (tertiary/aromatic N) is 3. The number of halogens is 1. The van der Waals surface area contributed by atoms with Gasteiger partial charge in [0.05, 0.1) is 11.8 Å². The van der Waals surface area contributed by atoms with Gasteiger partial charge in [-0.3, -0.25) is 4.98 Å². The molecule has 0 saturated heterocycles. The molecule has 0 bridgehead atoms. The van der Waals surface area contributed by atoms with Gasteiger partial charge in [-0.1, -0.05) is 35.0 Å². The van der Waals surface area contributed by atoms with E-state index in [1.165, 1.54) is 6.20 Å². The molecule has 0 radical (unpaired) electrons. The first kappa shape index (κ1) is 12.6. The van der Waals surface area contributed by atoms with Crippen molar-refractivity contribution in [3.05, 3.63) is 59.1 Å². The molecule has 2 heterocycles. The third-order valence-corrected chi connectivity index (χ3v) is 3.17. The van der Waals surface area contributed by atoms with Crippen LogP contribution >= 0.6 is 11.6 Å². The third-order valence-electron chi connectivity index (χ3n) is 2.80. The summed E-state index contributed by atoms with van der Waals surface area (Å²) in [5.41, 5.74) is 1.37. The van der Waals surface area contributed by atoms with Crippen molar-refractivity contribution in [1.29, 1.82) is 0 Å². The Bertz CT molecular complexity index is 743. The standard InChI is InChI=1S/C14H10ClN3O2/c15-11-4-2-1-3-9(11)7-13-17-14(20-18-13)10-5-6-16-8-12(10)19/h1-6,8,19H,7H2. The number of aromatic hydroxyl groups is 1. The maximum Gasteiger partial charge on any atom is 0.261 e. The zero-order chi connectivity index (χ0) is 13.9. The lowest BCUT2D eigenvalue weighted by atomic mass is 10.1. The van der Waals surface area contributed by atoms with Crippen LogP contribution in [0.4, 0.5) is 0 Å². The fourth-order valence-corrected chi connectivity index (χ4v) is 2.02. The van der Waals surface area contributed by atoms with Gasteiger partial charge in [-0.25, -0.2) is 0 Å². The monoisotopic (exact) mass is 287 g/mol. The Hall–Kier alpha value is -2.40. The summed E-state index contributed by atoms with van der Waals surface area (Å²) in [6.07, 6.45) is 3.34. The Balaban J connectivity index is 1.88. The molecule has 3 rings (SSSR count). The summed E-state index contributed by atoms with van der Waals surface area (Å²) in [5, 5.41) is 14.2. The third kappa shape index (κ3) is 2.48. The first-order valence-corrected chi connectivity index (χ1v) is 6.31. The van der Waals surface area contributed by atoms with Crippen LogP contribution in [0.1, 0.15) is 11.4 Å². The van der Waals surface area contributed by atoms with Crippen molar-refractivity contribution in [1.82, 2.24) is 15.1 Å². The molecule has 0 aliphatic rings. The first-order chi connectivity index (χ1) is 9.74. The van der Waals surface area contributed by atoms with Gasteiger partial charge >= 0.3 is 0 Å². The molecule has 0 aliphatic carbocycles. The van der Waals surface area contributed by atoms with Crippen LogP contribution in [0.25, 0.3) is 11.5 Å². The molecular weight excluding hydrogens is 278 g/mol. The Kier molecular flexibility index (Phi) is 3.35. The summed E-state index contributed by atoms with van der Waals surface area (Å²) in [6.45, 7) is 0. The lowest BCUT2D eigenvalue weighted by Gasteiger charge is -1.99. The fraction of sp³-hybridized carbons (Fsp3) is 0.0714. The molecule has 0 unspecified atom stereocenters. The van der Waals surface area contributed by atoms with Crippen molar-refractivity contribution in [2.45, 2.75) is 6.42 Å². The van der Waals surface area contributed by atoms with E-state index in [0.29, 0.717) is 22.8 Å². The zero-order valence-electron chi connectivity index (χ0n) is 10.3. The van der Waals surface area contributed by atoms with Gasteiger partial charge in [-0.05, 0) is 17.7 Å². The molecule has 0 saturated carbocycles. The van der Waals surface area contributed by atoms with Gasteiger partial charge in [0.15, 0.2) is 5.82 Å². The summed E-state index contributed by atoms with van der Waals surface area (Å²) in [7, 11) is 0. The maximum atomic E-state index is 9.70. The molecule has 20 heavy (non-hydrogen) atoms. The Morgan fingerprint density at radius 3 is 2.85 bits per heavy atom. The average molecular weight is 288 g/mol. The second-order valence-electron chi connectivity index (χ2n) is 4.18. The van der Waals surface area contributed by atoms with Gasteiger partial charge in [0.1, 0.15) is 5.75 Å². The molecule has 6 heteroatoms. The zero-order valence-corrected chi connectivity index (χ0v) is 11.1. The van der Waals surface area contributed by atoms with E-state index < -0.39 is 0 Å². The predicted octanol–water partition coefficient (Wildman–Crippen LogP) is 3.08. The minimum atomic E-state index is 0.000411. The summed E-state index contributed by atoms with van der Waals surface area (Å²) >= 11 is 6.09. The first-order valence-electron chi connectivity index (χ1n) is 5.93. The lowest BCUT2D eigenvalue weighted by molar-refractivity contribution is 0.418. The van der Waals surface area contributed by atoms with E-state index in [1.807, 2.05) is 24.3 Å². The van der Waals surface area contributed by atoms with Crippen LogP contribution in [0.2, 0.25) is 5.02 Å². The van der Waals surface area contributed by atoms with Gasteiger partial charge in [-0.2, -0.15) is 4.98 Å². The smallest absolute Gasteiger partial charge is 0.261 e. The Morgan fingerprint density at radius 2 is 2.05 bits per heavy atom. The number of hydrogen-bond donors (Lipinski definition) is 1. The highest BCUT2D eigenvalue weighted by Gasteiger charge is 2.13. The van der Waals surface area contributed by atoms with E-state index in [9.17, 15) is 5.11 Å². The minimum Gasteiger partial charge on any atom is -0.505 e. The van der Waals surface area contributed by atoms with E-state index in [4.69, 9.17) is 16.1 Å². The molecule has 5 nitrogen and oxygen atoms in total. The predicted molar refractivity (Wildman–Crippen MR) is 73.5 cm³/mol. The quantitative estimate of drug-likeness (QED) is 0.801. The summed E-state index contributed by atoms with van der Waals surface area (Å²) < 4.78 is 5.15. The van der Waals surface area contributed by atoms with Crippen molar-refractivity contribution in [2.24, 2.45) is 0 Å². The number of pyridine rings is 1. The molecule has 0 fully saturated rings. The van der Waals surface area contributed by atoms with Gasteiger partial charge in [-0.15, -0.1) is 0 Å². The summed E-state index contributed by atoms with van der Waals surface area (Å²) in [6, 6.07) is 9.09. The van der Waals surface area contributed by atoms with Crippen LogP contribution in [0.5, 0.6) is 5.75 Å². The van der Waals surface area contributed by atoms with Gasteiger partial charge < -0.3 is 9.63 Å². The average Bonchev–Trinajstić information content (AvgIpc) is 2.90. The summed E-state index contributed by atoms with van der Waals surface area (Å²) in [4.78, 5) is 8.05. The lowest BCUT2D eigenvalue weighted by Crippen LogP contribution is -1.91. The molecule has 0 spiro atoms. The van der Waals surface area contributed by atoms with E-state index in [0.717, 1.165) is 5.56 Å². The number of rotatable bonds is 3. The van der Waals surface area contributed by atoms with Crippen LogP contribution in [-0.2, 0) is 6.42 Å². The van der Waals surface area contributed by atoms with E-state index in [-0.39, 0.29) is 11.6 Å². The van der Waals surface area contributed by atoms with Crippen molar-refractivity contribution in [3.63, 3.8) is 0 Å². The van der Waals surface area contributed by atoms with Gasteiger partial charge in [0, 0.05) is 17.6 Å². The molecule has 0 aliphatic heterocycles. The number of hydrogen-bond acceptors (Lipinski definition) is 5. The Morgan fingerprint density at radius 1 is 1.20 bits per heavy atom. The number of benzene rings is 1. The fourth-order valence-electron chi connectivity index (χ4n) is 1.81. The Labute approximate surface area is 119 Å². The topological polar surface area (TPSA) is 72.0 Å².